The molecule has 4 rings (SSSR count). The van der Waals surface area contributed by atoms with E-state index in [2.05, 4.69) is 31.7 Å². The Morgan fingerprint density at radius 2 is 2.10 bits per heavy atom. The van der Waals surface area contributed by atoms with E-state index in [9.17, 15) is 13.2 Å². The fourth-order valence-corrected chi connectivity index (χ4v) is 2.96. The topological polar surface area (TPSA) is 128 Å². The van der Waals surface area contributed by atoms with E-state index in [1.807, 2.05) is 16.5 Å². The molecule has 1 aliphatic rings. The minimum Gasteiger partial charge on any atom is -0.475 e. The molecule has 9 nitrogen and oxygen atoms in total. The standard InChI is InChI=1S/C17H17N7.C2HF3O2/c18-8-12-3-4-16-21-10-14(24(16)11-12)17-20-7-5-15(23-17)22-13-2-1-6-19-9-13;3-2(4,5)1(6)7/h3-5,7,10-11,13,19H,1-2,6,9H2,(H,20,22,23);(H,6,7)/t13-;/m1./s1. The first-order valence-corrected chi connectivity index (χ1v) is 9.26. The van der Waals surface area contributed by atoms with E-state index in [1.54, 1.807) is 24.7 Å². The summed E-state index contributed by atoms with van der Waals surface area (Å²) >= 11 is 0. The van der Waals surface area contributed by atoms with Crippen LogP contribution >= 0.6 is 0 Å². The second-order valence-corrected chi connectivity index (χ2v) is 6.66. The van der Waals surface area contributed by atoms with Crippen LogP contribution in [0.5, 0.6) is 0 Å². The number of nitrogens with one attached hydrogen (secondary N) is 2. The van der Waals surface area contributed by atoms with Crippen LogP contribution in [0.1, 0.15) is 18.4 Å². The number of imidazole rings is 1. The zero-order chi connectivity index (χ0) is 22.4. The molecule has 0 saturated carbocycles. The predicted molar refractivity (Wildman–Crippen MR) is 104 cm³/mol. The third kappa shape index (κ3) is 5.67. The number of carboxylic acid groups (broad SMARTS) is 1. The van der Waals surface area contributed by atoms with Crippen molar-refractivity contribution in [3.05, 3.63) is 42.4 Å². The molecule has 1 fully saturated rings. The van der Waals surface area contributed by atoms with Crippen molar-refractivity contribution in [2.24, 2.45) is 0 Å². The molecule has 0 aromatic carbocycles. The Kier molecular flexibility index (Phi) is 6.66. The average molecular weight is 433 g/mol. The van der Waals surface area contributed by atoms with Gasteiger partial charge in [0.05, 0.1) is 11.8 Å². The molecule has 0 amide bonds. The second-order valence-electron chi connectivity index (χ2n) is 6.66. The molecular weight excluding hydrogens is 415 g/mol. The minimum atomic E-state index is -5.08. The van der Waals surface area contributed by atoms with Gasteiger partial charge in [0, 0.05) is 25.0 Å². The first-order chi connectivity index (χ1) is 14.8. The van der Waals surface area contributed by atoms with Gasteiger partial charge in [-0.1, -0.05) is 0 Å². The van der Waals surface area contributed by atoms with Crippen molar-refractivity contribution in [1.82, 2.24) is 24.7 Å². The smallest absolute Gasteiger partial charge is 0.475 e. The molecule has 162 valence electrons. The number of nitrogens with zero attached hydrogens (tertiary/aromatic N) is 5. The summed E-state index contributed by atoms with van der Waals surface area (Å²) in [5.74, 6) is -1.36. The maximum atomic E-state index is 10.6. The Morgan fingerprint density at radius 1 is 1.32 bits per heavy atom. The number of pyridine rings is 1. The highest BCUT2D eigenvalue weighted by molar-refractivity contribution is 5.73. The highest BCUT2D eigenvalue weighted by Gasteiger charge is 2.38. The van der Waals surface area contributed by atoms with Crippen LogP contribution in [0.2, 0.25) is 0 Å². The number of nitriles is 1. The largest absolute Gasteiger partial charge is 0.490 e. The van der Waals surface area contributed by atoms with Gasteiger partial charge in [-0.3, -0.25) is 4.40 Å². The number of aliphatic carboxylic acids is 1. The van der Waals surface area contributed by atoms with E-state index in [1.165, 1.54) is 6.42 Å². The number of hydrogen-bond donors (Lipinski definition) is 3. The Labute approximate surface area is 174 Å². The van der Waals surface area contributed by atoms with E-state index >= 15 is 0 Å². The third-order valence-corrected chi connectivity index (χ3v) is 4.41. The fourth-order valence-electron chi connectivity index (χ4n) is 2.96. The summed E-state index contributed by atoms with van der Waals surface area (Å²) in [5.41, 5.74) is 2.11. The van der Waals surface area contributed by atoms with Gasteiger partial charge >= 0.3 is 12.1 Å². The second kappa shape index (κ2) is 9.40. The maximum Gasteiger partial charge on any atom is 0.490 e. The predicted octanol–water partition coefficient (Wildman–Crippen LogP) is 2.46. The van der Waals surface area contributed by atoms with Gasteiger partial charge in [-0.15, -0.1) is 0 Å². The number of piperidine rings is 1. The first kappa shape index (κ1) is 22.0. The fraction of sp³-hybridized carbons (Fsp3) is 0.316. The number of rotatable bonds is 3. The number of anilines is 1. The van der Waals surface area contributed by atoms with E-state index in [0.29, 0.717) is 17.4 Å². The molecule has 0 spiro atoms. The van der Waals surface area contributed by atoms with Gasteiger partial charge in [-0.2, -0.15) is 18.4 Å². The van der Waals surface area contributed by atoms with Crippen LogP contribution in [0, 0.1) is 11.3 Å². The van der Waals surface area contributed by atoms with E-state index < -0.39 is 12.1 Å². The molecule has 0 unspecified atom stereocenters. The highest BCUT2D eigenvalue weighted by atomic mass is 19.4. The normalized spacial score (nSPS) is 16.1. The minimum absolute atomic E-state index is 0.383. The van der Waals surface area contributed by atoms with Crippen molar-refractivity contribution in [2.75, 3.05) is 18.4 Å². The Morgan fingerprint density at radius 3 is 2.74 bits per heavy atom. The van der Waals surface area contributed by atoms with Crippen LogP contribution in [-0.2, 0) is 4.79 Å². The van der Waals surface area contributed by atoms with Gasteiger partial charge in [-0.05, 0) is 37.6 Å². The molecule has 0 radical (unpaired) electrons. The average Bonchev–Trinajstić information content (AvgIpc) is 3.17. The van der Waals surface area contributed by atoms with Crippen LogP contribution in [0.3, 0.4) is 0 Å². The van der Waals surface area contributed by atoms with Gasteiger partial charge < -0.3 is 15.7 Å². The van der Waals surface area contributed by atoms with E-state index in [0.717, 1.165) is 36.7 Å². The Bertz CT molecular complexity index is 1100. The van der Waals surface area contributed by atoms with Crippen LogP contribution in [0.15, 0.2) is 36.8 Å². The van der Waals surface area contributed by atoms with E-state index in [-0.39, 0.29) is 0 Å². The maximum absolute atomic E-state index is 10.6. The van der Waals surface area contributed by atoms with Crippen molar-refractivity contribution in [2.45, 2.75) is 25.1 Å². The highest BCUT2D eigenvalue weighted by Crippen LogP contribution is 2.20. The van der Waals surface area contributed by atoms with Crippen LogP contribution in [0.25, 0.3) is 17.2 Å². The zero-order valence-corrected chi connectivity index (χ0v) is 16.1. The Balaban J connectivity index is 0.000000339. The van der Waals surface area contributed by atoms with Gasteiger partial charge in [0.2, 0.25) is 0 Å². The molecular formula is C19H18F3N7O2. The number of halogens is 3. The van der Waals surface area contributed by atoms with Crippen molar-refractivity contribution >= 4 is 17.4 Å². The lowest BCUT2D eigenvalue weighted by Crippen LogP contribution is -2.38. The van der Waals surface area contributed by atoms with Gasteiger partial charge in [0.25, 0.3) is 0 Å². The molecule has 0 aliphatic carbocycles. The van der Waals surface area contributed by atoms with E-state index in [4.69, 9.17) is 15.2 Å². The molecule has 3 aromatic heterocycles. The van der Waals surface area contributed by atoms with Crippen LogP contribution < -0.4 is 10.6 Å². The lowest BCUT2D eigenvalue weighted by atomic mass is 10.1. The van der Waals surface area contributed by atoms with Gasteiger partial charge in [-0.25, -0.2) is 19.7 Å². The third-order valence-electron chi connectivity index (χ3n) is 4.41. The van der Waals surface area contributed by atoms with Crippen molar-refractivity contribution < 1.29 is 23.1 Å². The number of aromatic nitrogens is 4. The number of fused-ring (bicyclic) bond motifs is 1. The summed E-state index contributed by atoms with van der Waals surface area (Å²) in [7, 11) is 0. The molecule has 4 heterocycles. The summed E-state index contributed by atoms with van der Waals surface area (Å²) in [6, 6.07) is 7.97. The van der Waals surface area contributed by atoms with Crippen LogP contribution in [0.4, 0.5) is 19.0 Å². The number of carboxylic acids is 1. The molecule has 1 aliphatic heterocycles. The number of carbonyl (C=O) groups is 1. The summed E-state index contributed by atoms with van der Waals surface area (Å²) in [4.78, 5) is 22.2. The molecule has 12 heteroatoms. The van der Waals surface area contributed by atoms with Crippen molar-refractivity contribution in [3.63, 3.8) is 0 Å². The lowest BCUT2D eigenvalue weighted by molar-refractivity contribution is -0.192. The lowest BCUT2D eigenvalue weighted by Gasteiger charge is -2.24. The molecule has 0 bridgehead atoms. The molecule has 31 heavy (non-hydrogen) atoms. The number of alkyl halides is 3. The monoisotopic (exact) mass is 433 g/mol. The van der Waals surface area contributed by atoms with Crippen molar-refractivity contribution in [3.8, 4) is 17.6 Å². The molecule has 3 aromatic rings. The zero-order valence-electron chi connectivity index (χ0n) is 16.1. The van der Waals surface area contributed by atoms with Gasteiger partial charge in [0.1, 0.15) is 23.2 Å². The summed E-state index contributed by atoms with van der Waals surface area (Å²) in [5, 5.41) is 23.1. The summed E-state index contributed by atoms with van der Waals surface area (Å²) in [6.45, 7) is 2.02. The summed E-state index contributed by atoms with van der Waals surface area (Å²) in [6.07, 6.45) is 2.45. The van der Waals surface area contributed by atoms with Crippen molar-refractivity contribution in [1.29, 1.82) is 5.26 Å². The summed E-state index contributed by atoms with van der Waals surface area (Å²) < 4.78 is 33.6. The quantitative estimate of drug-likeness (QED) is 0.575. The Hall–Kier alpha value is -3.72. The molecule has 1 atom stereocenters. The first-order valence-electron chi connectivity index (χ1n) is 9.26. The van der Waals surface area contributed by atoms with Crippen LogP contribution in [-0.4, -0.2) is 55.7 Å². The SMILES string of the molecule is N#Cc1ccc2ncc(-c3nccc(N[C@@H]4CCCNC4)n3)n2c1.O=C(O)C(F)(F)F. The molecule has 1 saturated heterocycles. The molecule has 3 N–H and O–H groups in total. The number of hydrogen-bond acceptors (Lipinski definition) is 7. The van der Waals surface area contributed by atoms with Gasteiger partial charge in [0.15, 0.2) is 5.82 Å².